The molecule has 0 aliphatic carbocycles. The average Bonchev–Trinajstić information content (AvgIpc) is 2.01. The summed E-state index contributed by atoms with van der Waals surface area (Å²) in [5, 5.41) is 19.8. The van der Waals surface area contributed by atoms with Crippen molar-refractivity contribution in [1.29, 1.82) is 0 Å². The molecule has 0 fully saturated rings. The summed E-state index contributed by atoms with van der Waals surface area (Å²) in [6.07, 6.45) is -0.00930. The number of hydrogen-bond donors (Lipinski definition) is 2. The van der Waals surface area contributed by atoms with Crippen molar-refractivity contribution in [2.45, 2.75) is 52.3 Å². The Balaban J connectivity index is 4.25. The zero-order valence-corrected chi connectivity index (χ0v) is 9.28. The molecule has 0 spiro atoms. The molecule has 0 amide bonds. The largest absolute Gasteiger partial charge is 0.378 e. The van der Waals surface area contributed by atoms with E-state index in [-0.39, 0.29) is 4.92 Å². The highest BCUT2D eigenvalue weighted by Crippen LogP contribution is 2.29. The van der Waals surface area contributed by atoms with Crippen LogP contribution in [0.25, 0.3) is 0 Å². The van der Waals surface area contributed by atoms with Gasteiger partial charge in [0.25, 0.3) is 0 Å². The fourth-order valence-electron chi connectivity index (χ4n) is 0.867. The van der Waals surface area contributed by atoms with E-state index < -0.39 is 17.2 Å². The summed E-state index contributed by atoms with van der Waals surface area (Å²) < 4.78 is 0. The van der Waals surface area contributed by atoms with Crippen molar-refractivity contribution in [1.82, 2.24) is 0 Å². The molecule has 5 nitrogen and oxygen atoms in total. The van der Waals surface area contributed by atoms with Crippen LogP contribution in [-0.2, 0) is 0 Å². The third-order valence-corrected chi connectivity index (χ3v) is 2.68. The van der Waals surface area contributed by atoms with Gasteiger partial charge in [0.2, 0.25) is 5.54 Å². The summed E-state index contributed by atoms with van der Waals surface area (Å²) in [5.74, 6) is 0. The highest BCUT2D eigenvalue weighted by atomic mass is 16.6. The summed E-state index contributed by atoms with van der Waals surface area (Å²) >= 11 is 0. The standard InChI is InChI=1S/C9H20N2O3/c1-8(2,7(10)12)5-6-9(3,4)11(13)14/h7,12H,5-6,10H2,1-4H3. The molecule has 3 N–H and O–H groups in total. The van der Waals surface area contributed by atoms with Crippen LogP contribution in [0.2, 0.25) is 0 Å². The fraction of sp³-hybridized carbons (Fsp3) is 1.00. The van der Waals surface area contributed by atoms with E-state index >= 15 is 0 Å². The highest BCUT2D eigenvalue weighted by Gasteiger charge is 2.34. The van der Waals surface area contributed by atoms with Gasteiger partial charge in [0.05, 0.1) is 0 Å². The van der Waals surface area contributed by atoms with Gasteiger partial charge in [-0.15, -0.1) is 0 Å². The molecule has 5 heteroatoms. The first-order valence-corrected chi connectivity index (χ1v) is 4.68. The predicted molar refractivity (Wildman–Crippen MR) is 54.3 cm³/mol. The van der Waals surface area contributed by atoms with E-state index in [4.69, 9.17) is 5.73 Å². The van der Waals surface area contributed by atoms with Gasteiger partial charge in [0, 0.05) is 30.6 Å². The molecule has 0 rings (SSSR count). The second kappa shape index (κ2) is 4.23. The van der Waals surface area contributed by atoms with Gasteiger partial charge in [-0.1, -0.05) is 13.8 Å². The van der Waals surface area contributed by atoms with Crippen molar-refractivity contribution in [3.8, 4) is 0 Å². The van der Waals surface area contributed by atoms with Crippen LogP contribution in [0, 0.1) is 15.5 Å². The smallest absolute Gasteiger partial charge is 0.216 e. The molecule has 0 aliphatic heterocycles. The lowest BCUT2D eigenvalue weighted by molar-refractivity contribution is -0.562. The van der Waals surface area contributed by atoms with Gasteiger partial charge < -0.3 is 10.8 Å². The van der Waals surface area contributed by atoms with Crippen LogP contribution in [0.15, 0.2) is 0 Å². The maximum atomic E-state index is 10.6. The van der Waals surface area contributed by atoms with E-state index in [0.29, 0.717) is 12.8 Å². The number of nitrogens with zero attached hydrogens (tertiary/aromatic N) is 1. The summed E-state index contributed by atoms with van der Waals surface area (Å²) in [4.78, 5) is 10.3. The number of hydrogen-bond acceptors (Lipinski definition) is 4. The Morgan fingerprint density at radius 2 is 1.79 bits per heavy atom. The molecule has 0 bridgehead atoms. The Bertz CT molecular complexity index is 212. The lowest BCUT2D eigenvalue weighted by Gasteiger charge is -2.29. The number of aliphatic hydroxyl groups is 1. The Labute approximate surface area is 84.4 Å². The first-order valence-electron chi connectivity index (χ1n) is 4.68. The van der Waals surface area contributed by atoms with Gasteiger partial charge in [0.1, 0.15) is 6.23 Å². The molecule has 0 heterocycles. The van der Waals surface area contributed by atoms with Crippen molar-refractivity contribution in [3.63, 3.8) is 0 Å². The molecule has 1 atom stereocenters. The molecule has 0 aromatic carbocycles. The summed E-state index contributed by atoms with van der Waals surface area (Å²) in [6, 6.07) is 0. The molecular weight excluding hydrogens is 184 g/mol. The van der Waals surface area contributed by atoms with Gasteiger partial charge in [-0.2, -0.15) is 0 Å². The average molecular weight is 204 g/mol. The number of aliphatic hydroxyl groups excluding tert-OH is 1. The second-order valence-corrected chi connectivity index (χ2v) is 5.00. The van der Waals surface area contributed by atoms with Crippen molar-refractivity contribution < 1.29 is 10.0 Å². The highest BCUT2D eigenvalue weighted by molar-refractivity contribution is 4.78. The maximum Gasteiger partial charge on any atom is 0.216 e. The zero-order chi connectivity index (χ0) is 11.6. The SMILES string of the molecule is CC(C)(CCC(C)(C)[N+](=O)[O-])C(N)O. The maximum absolute atomic E-state index is 10.6. The lowest BCUT2D eigenvalue weighted by Crippen LogP contribution is -2.40. The Kier molecular flexibility index (Phi) is 4.02. The molecular formula is C9H20N2O3. The molecule has 0 saturated carbocycles. The summed E-state index contributed by atoms with van der Waals surface area (Å²) in [5.41, 5.74) is 3.93. The second-order valence-electron chi connectivity index (χ2n) is 5.00. The lowest BCUT2D eigenvalue weighted by atomic mass is 9.82. The molecule has 84 valence electrons. The van der Waals surface area contributed by atoms with Crippen molar-refractivity contribution in [2.24, 2.45) is 11.1 Å². The molecule has 1 unspecified atom stereocenters. The van der Waals surface area contributed by atoms with E-state index in [2.05, 4.69) is 0 Å². The van der Waals surface area contributed by atoms with Crippen LogP contribution in [0.1, 0.15) is 40.5 Å². The minimum absolute atomic E-state index is 0.300. The Hall–Kier alpha value is -0.680. The van der Waals surface area contributed by atoms with E-state index in [0.717, 1.165) is 0 Å². The Morgan fingerprint density at radius 1 is 1.36 bits per heavy atom. The van der Waals surface area contributed by atoms with E-state index in [9.17, 15) is 15.2 Å². The molecule has 0 aromatic rings. The van der Waals surface area contributed by atoms with E-state index in [1.807, 2.05) is 0 Å². The van der Waals surface area contributed by atoms with E-state index in [1.54, 1.807) is 27.7 Å². The van der Waals surface area contributed by atoms with Gasteiger partial charge in [-0.25, -0.2) is 0 Å². The van der Waals surface area contributed by atoms with Crippen molar-refractivity contribution in [3.05, 3.63) is 10.1 Å². The van der Waals surface area contributed by atoms with Crippen molar-refractivity contribution >= 4 is 0 Å². The Morgan fingerprint density at radius 3 is 2.07 bits per heavy atom. The fourth-order valence-corrected chi connectivity index (χ4v) is 0.867. The zero-order valence-electron chi connectivity index (χ0n) is 9.28. The predicted octanol–water partition coefficient (Wildman–Crippen LogP) is 1.13. The van der Waals surface area contributed by atoms with Crippen LogP contribution in [0.4, 0.5) is 0 Å². The number of rotatable bonds is 5. The van der Waals surface area contributed by atoms with Crippen LogP contribution >= 0.6 is 0 Å². The third-order valence-electron chi connectivity index (χ3n) is 2.68. The normalized spacial score (nSPS) is 15.3. The van der Waals surface area contributed by atoms with Crippen molar-refractivity contribution in [2.75, 3.05) is 0 Å². The van der Waals surface area contributed by atoms with Crippen LogP contribution in [-0.4, -0.2) is 21.8 Å². The number of nitrogens with two attached hydrogens (primary N) is 1. The van der Waals surface area contributed by atoms with Gasteiger partial charge >= 0.3 is 0 Å². The molecule has 0 aliphatic rings. The van der Waals surface area contributed by atoms with Gasteiger partial charge in [-0.3, -0.25) is 10.1 Å². The third kappa shape index (κ3) is 3.59. The van der Waals surface area contributed by atoms with Crippen LogP contribution in [0.5, 0.6) is 0 Å². The minimum Gasteiger partial charge on any atom is -0.378 e. The molecule has 0 aromatic heterocycles. The minimum atomic E-state index is -0.952. The first kappa shape index (κ1) is 13.3. The van der Waals surface area contributed by atoms with E-state index in [1.165, 1.54) is 0 Å². The monoisotopic (exact) mass is 204 g/mol. The molecule has 0 radical (unpaired) electrons. The first-order chi connectivity index (χ1) is 6.09. The molecule has 14 heavy (non-hydrogen) atoms. The van der Waals surface area contributed by atoms with Gasteiger partial charge in [0.15, 0.2) is 0 Å². The quantitative estimate of drug-likeness (QED) is 0.399. The van der Waals surface area contributed by atoms with Crippen LogP contribution in [0.3, 0.4) is 0 Å². The van der Waals surface area contributed by atoms with Gasteiger partial charge in [-0.05, 0) is 6.42 Å². The summed E-state index contributed by atoms with van der Waals surface area (Å²) in [6.45, 7) is 6.75. The summed E-state index contributed by atoms with van der Waals surface area (Å²) in [7, 11) is 0. The number of nitro groups is 1. The van der Waals surface area contributed by atoms with Crippen LogP contribution < -0.4 is 5.73 Å². The molecule has 0 saturated heterocycles. The topological polar surface area (TPSA) is 89.4 Å².